The molecule has 37 heavy (non-hydrogen) atoms. The minimum atomic E-state index is -0.527. The van der Waals surface area contributed by atoms with Crippen molar-refractivity contribution in [1.82, 2.24) is 9.88 Å². The minimum absolute atomic E-state index is 0.527. The van der Waals surface area contributed by atoms with Crippen LogP contribution in [-0.2, 0) is 6.42 Å². The van der Waals surface area contributed by atoms with Gasteiger partial charge in [-0.3, -0.25) is 14.8 Å². The highest BCUT2D eigenvalue weighted by Gasteiger charge is 2.20. The molecule has 1 aromatic heterocycles. The maximum Gasteiger partial charge on any atom is 0.323 e. The number of pyridine rings is 1. The molecule has 2 amide bonds. The van der Waals surface area contributed by atoms with Crippen molar-refractivity contribution < 1.29 is 9.53 Å². The summed E-state index contributed by atoms with van der Waals surface area (Å²) in [7, 11) is 1.61. The van der Waals surface area contributed by atoms with E-state index in [1.807, 2.05) is 49.4 Å². The second-order valence-corrected chi connectivity index (χ2v) is 9.42. The van der Waals surface area contributed by atoms with E-state index < -0.39 is 6.03 Å². The van der Waals surface area contributed by atoms with Crippen LogP contribution in [0.3, 0.4) is 0 Å². The van der Waals surface area contributed by atoms with Crippen LogP contribution in [0.1, 0.15) is 11.3 Å². The number of methoxy groups -OCH3 is 1. The van der Waals surface area contributed by atoms with Gasteiger partial charge in [0.15, 0.2) is 0 Å². The first kappa shape index (κ1) is 24.6. The van der Waals surface area contributed by atoms with E-state index in [0.29, 0.717) is 11.4 Å². The number of aromatic nitrogens is 1. The van der Waals surface area contributed by atoms with Crippen LogP contribution in [-0.4, -0.2) is 55.7 Å². The standard InChI is InChI=1S/C30H33N5O2/c1-22-12-13-27-28(32-22)10-5-11-29(27)34-18-16-33(17-19-34)15-14-23-6-3-7-24(20-23)35(30(31)36)25-8-4-9-26(21-25)37-2/h3-13,20-21H,14-19H2,1-2H3,(H2,31,36). The number of hydrogen-bond donors (Lipinski definition) is 1. The van der Waals surface area contributed by atoms with Crippen LogP contribution in [0, 0.1) is 6.92 Å². The first-order valence-electron chi connectivity index (χ1n) is 12.7. The average Bonchev–Trinajstić information content (AvgIpc) is 2.92. The number of piperazine rings is 1. The minimum Gasteiger partial charge on any atom is -0.497 e. The number of hydrogen-bond acceptors (Lipinski definition) is 5. The van der Waals surface area contributed by atoms with Gasteiger partial charge in [-0.1, -0.05) is 24.3 Å². The fourth-order valence-electron chi connectivity index (χ4n) is 5.02. The lowest BCUT2D eigenvalue weighted by Gasteiger charge is -2.36. The van der Waals surface area contributed by atoms with Crippen LogP contribution in [0.4, 0.5) is 21.9 Å². The molecule has 0 aliphatic carbocycles. The van der Waals surface area contributed by atoms with Crippen LogP contribution in [0.5, 0.6) is 5.75 Å². The number of rotatable bonds is 7. The maximum atomic E-state index is 12.4. The molecule has 0 unspecified atom stereocenters. The summed E-state index contributed by atoms with van der Waals surface area (Å²) in [5, 5.41) is 1.22. The van der Waals surface area contributed by atoms with Gasteiger partial charge >= 0.3 is 6.03 Å². The van der Waals surface area contributed by atoms with Crippen molar-refractivity contribution >= 4 is 34.0 Å². The van der Waals surface area contributed by atoms with Gasteiger partial charge in [-0.2, -0.15) is 0 Å². The number of carbonyl (C=O) groups is 1. The fraction of sp³-hybridized carbons (Fsp3) is 0.267. The molecule has 5 rings (SSSR count). The summed E-state index contributed by atoms with van der Waals surface area (Å²) in [4.78, 5) is 23.5. The lowest BCUT2D eigenvalue weighted by Crippen LogP contribution is -2.47. The lowest BCUT2D eigenvalue weighted by atomic mass is 10.1. The molecule has 2 heterocycles. The maximum absolute atomic E-state index is 12.4. The highest BCUT2D eigenvalue weighted by atomic mass is 16.5. The fourth-order valence-corrected chi connectivity index (χ4v) is 5.02. The molecule has 4 aromatic rings. The molecule has 0 bridgehead atoms. The van der Waals surface area contributed by atoms with Crippen LogP contribution in [0.15, 0.2) is 78.9 Å². The van der Waals surface area contributed by atoms with Crippen LogP contribution in [0.25, 0.3) is 10.9 Å². The Morgan fingerprint density at radius 1 is 0.946 bits per heavy atom. The zero-order valence-electron chi connectivity index (χ0n) is 21.4. The Morgan fingerprint density at radius 3 is 2.43 bits per heavy atom. The topological polar surface area (TPSA) is 74.9 Å². The molecular formula is C30H33N5O2. The highest BCUT2D eigenvalue weighted by Crippen LogP contribution is 2.30. The van der Waals surface area contributed by atoms with Crippen molar-refractivity contribution in [3.63, 3.8) is 0 Å². The summed E-state index contributed by atoms with van der Waals surface area (Å²) in [5.41, 5.74) is 11.7. The number of primary amides is 1. The number of anilines is 3. The quantitative estimate of drug-likeness (QED) is 0.385. The van der Waals surface area contributed by atoms with Crippen LogP contribution < -0.4 is 20.3 Å². The summed E-state index contributed by atoms with van der Waals surface area (Å²) in [6, 6.07) is 25.5. The number of benzene rings is 3. The third-order valence-corrected chi connectivity index (χ3v) is 6.98. The number of fused-ring (bicyclic) bond motifs is 1. The Kier molecular flexibility index (Phi) is 7.23. The van der Waals surface area contributed by atoms with Crippen LogP contribution >= 0.6 is 0 Å². The Bertz CT molecular complexity index is 1400. The third-order valence-electron chi connectivity index (χ3n) is 6.98. The van der Waals surface area contributed by atoms with E-state index >= 15 is 0 Å². The van der Waals surface area contributed by atoms with Crippen LogP contribution in [0.2, 0.25) is 0 Å². The third kappa shape index (κ3) is 5.52. The van der Waals surface area contributed by atoms with Gasteiger partial charge in [0.2, 0.25) is 0 Å². The number of urea groups is 1. The second kappa shape index (κ2) is 10.9. The van der Waals surface area contributed by atoms with E-state index in [2.05, 4.69) is 46.2 Å². The molecule has 0 radical (unpaired) electrons. The predicted octanol–water partition coefficient (Wildman–Crippen LogP) is 5.13. The Morgan fingerprint density at radius 2 is 1.68 bits per heavy atom. The van der Waals surface area contributed by atoms with Gasteiger partial charge in [0, 0.05) is 55.6 Å². The van der Waals surface area contributed by atoms with Crippen molar-refractivity contribution in [3.8, 4) is 5.75 Å². The summed E-state index contributed by atoms with van der Waals surface area (Å²) in [6.45, 7) is 6.98. The van der Waals surface area contributed by atoms with Crippen molar-refractivity contribution in [1.29, 1.82) is 0 Å². The molecule has 1 aliphatic heterocycles. The van der Waals surface area contributed by atoms with Gasteiger partial charge in [-0.25, -0.2) is 4.79 Å². The Hall–Kier alpha value is -4.10. The van der Waals surface area contributed by atoms with E-state index in [-0.39, 0.29) is 0 Å². The highest BCUT2D eigenvalue weighted by molar-refractivity contribution is 5.98. The summed E-state index contributed by atoms with van der Waals surface area (Å²) >= 11 is 0. The SMILES string of the molecule is COc1cccc(N(C(N)=O)c2cccc(CCN3CCN(c4cccc5nc(C)ccc45)CC3)c2)c1. The van der Waals surface area contributed by atoms with Gasteiger partial charge < -0.3 is 15.4 Å². The number of amides is 2. The molecule has 1 fully saturated rings. The molecule has 2 N–H and O–H groups in total. The van der Waals surface area contributed by atoms with Gasteiger partial charge in [0.1, 0.15) is 5.75 Å². The van der Waals surface area contributed by atoms with E-state index in [0.717, 1.165) is 56.0 Å². The normalized spacial score (nSPS) is 14.1. The monoisotopic (exact) mass is 495 g/mol. The molecule has 0 spiro atoms. The first-order valence-corrected chi connectivity index (χ1v) is 12.7. The smallest absolute Gasteiger partial charge is 0.323 e. The van der Waals surface area contributed by atoms with Crippen molar-refractivity contribution in [2.45, 2.75) is 13.3 Å². The molecule has 190 valence electrons. The Balaban J connectivity index is 1.23. The molecule has 0 atom stereocenters. The second-order valence-electron chi connectivity index (χ2n) is 9.42. The lowest BCUT2D eigenvalue weighted by molar-refractivity contribution is 0.256. The summed E-state index contributed by atoms with van der Waals surface area (Å²) in [6.07, 6.45) is 0.899. The van der Waals surface area contributed by atoms with Gasteiger partial charge in [-0.15, -0.1) is 0 Å². The predicted molar refractivity (Wildman–Crippen MR) is 150 cm³/mol. The number of aryl methyl sites for hydroxylation is 1. The molecule has 3 aromatic carbocycles. The number of carbonyl (C=O) groups excluding carboxylic acids is 1. The Labute approximate surface area is 218 Å². The summed E-state index contributed by atoms with van der Waals surface area (Å²) in [5.74, 6) is 0.675. The zero-order chi connectivity index (χ0) is 25.8. The van der Waals surface area contributed by atoms with Crippen molar-refractivity contribution in [2.24, 2.45) is 5.73 Å². The molecule has 1 aliphatic rings. The van der Waals surface area contributed by atoms with Crippen molar-refractivity contribution in [2.75, 3.05) is 49.6 Å². The zero-order valence-corrected chi connectivity index (χ0v) is 21.4. The van der Waals surface area contributed by atoms with Gasteiger partial charge in [-0.05, 0) is 67.4 Å². The van der Waals surface area contributed by atoms with E-state index in [1.54, 1.807) is 7.11 Å². The first-order chi connectivity index (χ1) is 18.0. The largest absolute Gasteiger partial charge is 0.497 e. The van der Waals surface area contributed by atoms with Crippen molar-refractivity contribution in [3.05, 3.63) is 90.1 Å². The molecule has 7 heteroatoms. The van der Waals surface area contributed by atoms with E-state index in [4.69, 9.17) is 15.5 Å². The molecular weight excluding hydrogens is 462 g/mol. The number of nitrogens with two attached hydrogens (primary N) is 1. The van der Waals surface area contributed by atoms with E-state index in [1.165, 1.54) is 21.5 Å². The molecule has 7 nitrogen and oxygen atoms in total. The number of ether oxygens (including phenoxy) is 1. The summed E-state index contributed by atoms with van der Waals surface area (Å²) < 4.78 is 5.32. The molecule has 0 saturated carbocycles. The average molecular weight is 496 g/mol. The van der Waals surface area contributed by atoms with E-state index in [9.17, 15) is 4.79 Å². The van der Waals surface area contributed by atoms with Gasteiger partial charge in [0.25, 0.3) is 0 Å². The number of nitrogens with zero attached hydrogens (tertiary/aromatic N) is 4. The van der Waals surface area contributed by atoms with Gasteiger partial charge in [0.05, 0.1) is 24.0 Å². The molecule has 1 saturated heterocycles.